The Balaban J connectivity index is 1.76. The smallest absolute Gasteiger partial charge is 0.237 e. The van der Waals surface area contributed by atoms with Gasteiger partial charge in [-0.15, -0.1) is 0 Å². The maximum absolute atomic E-state index is 12.0. The van der Waals surface area contributed by atoms with Gasteiger partial charge in [-0.3, -0.25) is 4.79 Å². The minimum Gasteiger partial charge on any atom is -0.352 e. The second-order valence-electron chi connectivity index (χ2n) is 6.02. The van der Waals surface area contributed by atoms with E-state index in [9.17, 15) is 4.79 Å². The second-order valence-corrected chi connectivity index (χ2v) is 7.01. The molecule has 2 rings (SSSR count). The van der Waals surface area contributed by atoms with Gasteiger partial charge >= 0.3 is 0 Å². The zero-order valence-electron chi connectivity index (χ0n) is 11.5. The molecule has 5 atom stereocenters. The Kier molecular flexibility index (Phi) is 4.96. The predicted molar refractivity (Wildman–Crippen MR) is 77.5 cm³/mol. The van der Waals surface area contributed by atoms with Gasteiger partial charge in [0.05, 0.1) is 6.04 Å². The molecule has 4 unspecified atom stereocenters. The molecular weight excluding hydrogens is 244 g/mol. The minimum absolute atomic E-state index is 0.0410. The predicted octanol–water partition coefficient (Wildman–Crippen LogP) is 2.01. The zero-order valence-corrected chi connectivity index (χ0v) is 12.3. The first-order valence-corrected chi connectivity index (χ1v) is 8.56. The number of amides is 1. The number of carbonyl (C=O) groups is 1. The fourth-order valence-corrected chi connectivity index (χ4v) is 4.21. The summed E-state index contributed by atoms with van der Waals surface area (Å²) in [5, 5.41) is 3.14. The molecular formula is C14H26N2OS. The molecule has 0 heterocycles. The van der Waals surface area contributed by atoms with Gasteiger partial charge in [-0.25, -0.2) is 0 Å². The normalized spacial score (nSPS) is 33.4. The van der Waals surface area contributed by atoms with E-state index in [4.69, 9.17) is 5.73 Å². The summed E-state index contributed by atoms with van der Waals surface area (Å²) >= 11 is 1.74. The lowest BCUT2D eigenvalue weighted by molar-refractivity contribution is -0.123. The molecule has 104 valence electrons. The van der Waals surface area contributed by atoms with Gasteiger partial charge in [0.15, 0.2) is 0 Å². The summed E-state index contributed by atoms with van der Waals surface area (Å²) < 4.78 is 0. The number of hydrogen-bond acceptors (Lipinski definition) is 3. The number of nitrogens with one attached hydrogen (secondary N) is 1. The first-order chi connectivity index (χ1) is 8.61. The van der Waals surface area contributed by atoms with Crippen LogP contribution >= 0.6 is 11.8 Å². The van der Waals surface area contributed by atoms with E-state index in [-0.39, 0.29) is 11.9 Å². The Bertz CT molecular complexity index is 298. The summed E-state index contributed by atoms with van der Waals surface area (Å²) in [7, 11) is 0. The van der Waals surface area contributed by atoms with Crippen LogP contribution in [0.2, 0.25) is 0 Å². The lowest BCUT2D eigenvalue weighted by Crippen LogP contribution is -2.47. The number of hydrogen-bond donors (Lipinski definition) is 2. The third kappa shape index (κ3) is 3.21. The summed E-state index contributed by atoms with van der Waals surface area (Å²) in [5.74, 6) is 3.48. The highest BCUT2D eigenvalue weighted by molar-refractivity contribution is 7.98. The van der Waals surface area contributed by atoms with E-state index < -0.39 is 0 Å². The van der Waals surface area contributed by atoms with Gasteiger partial charge < -0.3 is 11.1 Å². The van der Waals surface area contributed by atoms with E-state index in [0.717, 1.165) is 24.0 Å². The zero-order chi connectivity index (χ0) is 13.1. The van der Waals surface area contributed by atoms with Gasteiger partial charge in [0.25, 0.3) is 0 Å². The van der Waals surface area contributed by atoms with Crippen molar-refractivity contribution in [1.29, 1.82) is 0 Å². The Hall–Kier alpha value is -0.220. The lowest BCUT2D eigenvalue weighted by Gasteiger charge is -2.29. The van der Waals surface area contributed by atoms with Crippen LogP contribution in [-0.2, 0) is 4.79 Å². The molecule has 0 saturated heterocycles. The Morgan fingerprint density at radius 1 is 1.44 bits per heavy atom. The maximum atomic E-state index is 12.0. The number of fused-ring (bicyclic) bond motifs is 2. The molecule has 3 N–H and O–H groups in total. The monoisotopic (exact) mass is 270 g/mol. The minimum atomic E-state index is -0.335. The van der Waals surface area contributed by atoms with Crippen LogP contribution in [-0.4, -0.2) is 30.0 Å². The first-order valence-electron chi connectivity index (χ1n) is 7.16. The van der Waals surface area contributed by atoms with Crippen molar-refractivity contribution in [3.63, 3.8) is 0 Å². The van der Waals surface area contributed by atoms with Gasteiger partial charge in [-0.1, -0.05) is 6.42 Å². The maximum Gasteiger partial charge on any atom is 0.237 e. The van der Waals surface area contributed by atoms with Gasteiger partial charge in [0.2, 0.25) is 5.91 Å². The molecule has 0 radical (unpaired) electrons. The van der Waals surface area contributed by atoms with Crippen LogP contribution in [0.15, 0.2) is 0 Å². The van der Waals surface area contributed by atoms with E-state index in [1.54, 1.807) is 11.8 Å². The van der Waals surface area contributed by atoms with E-state index in [0.29, 0.717) is 12.0 Å². The van der Waals surface area contributed by atoms with Gasteiger partial charge in [0, 0.05) is 6.04 Å². The summed E-state index contributed by atoms with van der Waals surface area (Å²) in [6.07, 6.45) is 8.30. The Morgan fingerprint density at radius 2 is 2.22 bits per heavy atom. The van der Waals surface area contributed by atoms with E-state index in [1.165, 1.54) is 25.7 Å². The molecule has 2 fully saturated rings. The third-order valence-corrected chi connectivity index (χ3v) is 5.42. The third-order valence-electron chi connectivity index (χ3n) is 4.77. The topological polar surface area (TPSA) is 55.1 Å². The first kappa shape index (κ1) is 14.2. The average molecular weight is 270 g/mol. The van der Waals surface area contributed by atoms with Crippen LogP contribution in [0, 0.1) is 17.8 Å². The highest BCUT2D eigenvalue weighted by Crippen LogP contribution is 2.49. The molecule has 18 heavy (non-hydrogen) atoms. The van der Waals surface area contributed by atoms with Crippen LogP contribution in [0.3, 0.4) is 0 Å². The molecule has 2 bridgehead atoms. The van der Waals surface area contributed by atoms with Crippen molar-refractivity contribution in [3.05, 3.63) is 0 Å². The molecule has 4 heteroatoms. The van der Waals surface area contributed by atoms with Crippen LogP contribution in [0.5, 0.6) is 0 Å². The van der Waals surface area contributed by atoms with E-state index in [2.05, 4.69) is 12.2 Å². The summed E-state index contributed by atoms with van der Waals surface area (Å²) in [6, 6.07) is -0.0355. The Morgan fingerprint density at radius 3 is 2.78 bits per heavy atom. The number of nitrogens with two attached hydrogens (primary N) is 1. The molecule has 1 amide bonds. The van der Waals surface area contributed by atoms with Crippen molar-refractivity contribution < 1.29 is 4.79 Å². The van der Waals surface area contributed by atoms with Crippen molar-refractivity contribution in [2.75, 3.05) is 12.0 Å². The average Bonchev–Trinajstić information content (AvgIpc) is 2.97. The highest BCUT2D eigenvalue weighted by Gasteiger charge is 2.42. The quantitative estimate of drug-likeness (QED) is 0.776. The molecule has 2 saturated carbocycles. The second kappa shape index (κ2) is 6.29. The fraction of sp³-hybridized carbons (Fsp3) is 0.929. The van der Waals surface area contributed by atoms with Crippen LogP contribution in [0.25, 0.3) is 0 Å². The summed E-state index contributed by atoms with van der Waals surface area (Å²) in [5.41, 5.74) is 5.90. The molecule has 2 aliphatic carbocycles. The van der Waals surface area contributed by atoms with Crippen LogP contribution in [0.1, 0.15) is 39.0 Å². The van der Waals surface area contributed by atoms with Gasteiger partial charge in [-0.2, -0.15) is 11.8 Å². The molecule has 0 aromatic rings. The van der Waals surface area contributed by atoms with Crippen LogP contribution < -0.4 is 11.1 Å². The lowest BCUT2D eigenvalue weighted by atomic mass is 9.84. The van der Waals surface area contributed by atoms with Crippen LogP contribution in [0.4, 0.5) is 0 Å². The molecule has 3 nitrogen and oxygen atoms in total. The standard InChI is InChI=1S/C14H26N2OS/c1-9(12-8-10-3-4-11(12)7-10)16-14(17)13(15)5-6-18-2/h9-13H,3-8,15H2,1-2H3,(H,16,17)/t9?,10?,11?,12?,13-/m0/s1. The number of carbonyl (C=O) groups excluding carboxylic acids is 1. The molecule has 0 spiro atoms. The van der Waals surface area contributed by atoms with Crippen molar-refractivity contribution in [3.8, 4) is 0 Å². The number of thioether (sulfide) groups is 1. The Labute approximate surface area is 115 Å². The molecule has 0 aliphatic heterocycles. The van der Waals surface area contributed by atoms with Gasteiger partial charge in [-0.05, 0) is 62.4 Å². The van der Waals surface area contributed by atoms with E-state index >= 15 is 0 Å². The van der Waals surface area contributed by atoms with E-state index in [1.807, 2.05) is 6.26 Å². The molecule has 0 aromatic carbocycles. The SMILES string of the molecule is CSCC[C@H](N)C(=O)NC(C)C1CC2CCC1C2. The summed E-state index contributed by atoms with van der Waals surface area (Å²) in [6.45, 7) is 2.16. The highest BCUT2D eigenvalue weighted by atomic mass is 32.2. The number of rotatable bonds is 6. The molecule has 2 aliphatic rings. The largest absolute Gasteiger partial charge is 0.352 e. The van der Waals surface area contributed by atoms with Crippen molar-refractivity contribution in [1.82, 2.24) is 5.32 Å². The van der Waals surface area contributed by atoms with Crippen molar-refractivity contribution in [2.45, 2.75) is 51.1 Å². The molecule has 0 aromatic heterocycles. The fourth-order valence-electron chi connectivity index (χ4n) is 3.72. The van der Waals surface area contributed by atoms with Crippen molar-refractivity contribution in [2.24, 2.45) is 23.5 Å². The van der Waals surface area contributed by atoms with Crippen molar-refractivity contribution >= 4 is 17.7 Å². The van der Waals surface area contributed by atoms with Gasteiger partial charge in [0.1, 0.15) is 0 Å². The summed E-state index contributed by atoms with van der Waals surface area (Å²) in [4.78, 5) is 12.0.